The fourth-order valence-electron chi connectivity index (χ4n) is 0.496. The molecule has 1 aromatic rings. The number of hydrogen-bond donors (Lipinski definition) is 0. The van der Waals surface area contributed by atoms with Crippen molar-refractivity contribution >= 4 is 17.6 Å². The molecule has 0 spiro atoms. The van der Waals surface area contributed by atoms with Gasteiger partial charge in [0.1, 0.15) is 24.4 Å². The predicted octanol–water partition coefficient (Wildman–Crippen LogP) is 0.995. The van der Waals surface area contributed by atoms with Crippen LogP contribution >= 0.6 is 11.3 Å². The summed E-state index contributed by atoms with van der Waals surface area (Å²) in [5, 5.41) is 14.2. The van der Waals surface area contributed by atoms with Gasteiger partial charge in [-0.1, -0.05) is 5.16 Å². The number of rotatable bonds is 2. The molecule has 11 heavy (non-hydrogen) atoms. The summed E-state index contributed by atoms with van der Waals surface area (Å²) in [6.07, 6.45) is 1.46. The molecule has 5 heteroatoms. The summed E-state index contributed by atoms with van der Waals surface area (Å²) in [5.74, 6) is 0. The molecule has 0 N–H and O–H groups in total. The predicted molar refractivity (Wildman–Crippen MR) is 41.4 cm³/mol. The molecular weight excluding hydrogens is 162 g/mol. The standard InChI is InChI=1S/C6H5N3OS/c1-10-8-3-6-9-5(2-7)4-11-6/h3-4H,1H3/b8-3+. The first kappa shape index (κ1) is 7.69. The van der Waals surface area contributed by atoms with Crippen molar-refractivity contribution in [1.82, 2.24) is 4.98 Å². The molecule has 0 saturated carbocycles. The van der Waals surface area contributed by atoms with Crippen LogP contribution in [0.2, 0.25) is 0 Å². The van der Waals surface area contributed by atoms with E-state index >= 15 is 0 Å². The average molecular weight is 167 g/mol. The molecule has 0 aliphatic rings. The molecule has 1 heterocycles. The zero-order chi connectivity index (χ0) is 8.10. The SMILES string of the molecule is CO/N=C/c1nc(C#N)cs1. The van der Waals surface area contributed by atoms with Gasteiger partial charge in [0, 0.05) is 5.38 Å². The summed E-state index contributed by atoms with van der Waals surface area (Å²) in [6.45, 7) is 0. The van der Waals surface area contributed by atoms with E-state index in [4.69, 9.17) is 5.26 Å². The number of nitrogens with zero attached hydrogens (tertiary/aromatic N) is 3. The van der Waals surface area contributed by atoms with Gasteiger partial charge in [0.15, 0.2) is 5.69 Å². The Kier molecular flexibility index (Phi) is 2.58. The van der Waals surface area contributed by atoms with Gasteiger partial charge < -0.3 is 4.84 Å². The van der Waals surface area contributed by atoms with Crippen molar-refractivity contribution in [2.24, 2.45) is 5.16 Å². The topological polar surface area (TPSA) is 58.3 Å². The maximum absolute atomic E-state index is 8.39. The van der Waals surface area contributed by atoms with Gasteiger partial charge in [-0.2, -0.15) is 5.26 Å². The quantitative estimate of drug-likeness (QED) is 0.487. The van der Waals surface area contributed by atoms with Crippen LogP contribution in [-0.4, -0.2) is 18.3 Å². The number of nitriles is 1. The smallest absolute Gasteiger partial charge is 0.152 e. The Morgan fingerprint density at radius 2 is 2.73 bits per heavy atom. The minimum Gasteiger partial charge on any atom is -0.399 e. The first-order valence-electron chi connectivity index (χ1n) is 2.79. The number of oxime groups is 1. The van der Waals surface area contributed by atoms with Gasteiger partial charge in [-0.25, -0.2) is 4.98 Å². The fourth-order valence-corrected chi connectivity index (χ4v) is 1.09. The van der Waals surface area contributed by atoms with Gasteiger partial charge in [0.2, 0.25) is 0 Å². The molecule has 0 radical (unpaired) electrons. The molecule has 0 saturated heterocycles. The van der Waals surface area contributed by atoms with E-state index in [1.54, 1.807) is 5.38 Å². The molecule has 0 aromatic carbocycles. The Morgan fingerprint density at radius 3 is 3.27 bits per heavy atom. The zero-order valence-electron chi connectivity index (χ0n) is 5.81. The molecule has 4 nitrogen and oxygen atoms in total. The van der Waals surface area contributed by atoms with Crippen LogP contribution in [0.25, 0.3) is 0 Å². The molecule has 0 amide bonds. The van der Waals surface area contributed by atoms with Gasteiger partial charge in [-0.05, 0) is 0 Å². The number of aromatic nitrogens is 1. The minimum absolute atomic E-state index is 0.410. The second kappa shape index (κ2) is 3.68. The first-order valence-corrected chi connectivity index (χ1v) is 3.67. The summed E-state index contributed by atoms with van der Waals surface area (Å²) in [7, 11) is 1.45. The third kappa shape index (κ3) is 2.02. The molecule has 1 rings (SSSR count). The maximum Gasteiger partial charge on any atom is 0.152 e. The van der Waals surface area contributed by atoms with Crippen LogP contribution in [0.3, 0.4) is 0 Å². The molecule has 0 aliphatic heterocycles. The van der Waals surface area contributed by atoms with E-state index < -0.39 is 0 Å². The molecule has 0 aliphatic carbocycles. The van der Waals surface area contributed by atoms with Crippen LogP contribution in [-0.2, 0) is 4.84 Å². The normalized spacial score (nSPS) is 9.82. The molecular formula is C6H5N3OS. The van der Waals surface area contributed by atoms with Crippen LogP contribution < -0.4 is 0 Å². The van der Waals surface area contributed by atoms with Crippen molar-refractivity contribution < 1.29 is 4.84 Å². The largest absolute Gasteiger partial charge is 0.399 e. The van der Waals surface area contributed by atoms with Crippen molar-refractivity contribution in [2.45, 2.75) is 0 Å². The summed E-state index contributed by atoms with van der Waals surface area (Å²) >= 11 is 1.35. The lowest BCUT2D eigenvalue weighted by atomic mass is 10.6. The highest BCUT2D eigenvalue weighted by atomic mass is 32.1. The first-order chi connectivity index (χ1) is 5.36. The summed E-state index contributed by atoms with van der Waals surface area (Å²) in [5.41, 5.74) is 0.410. The molecule has 56 valence electrons. The van der Waals surface area contributed by atoms with Crippen molar-refractivity contribution in [1.29, 1.82) is 5.26 Å². The Labute approximate surface area is 67.7 Å². The highest BCUT2D eigenvalue weighted by molar-refractivity contribution is 7.11. The highest BCUT2D eigenvalue weighted by Gasteiger charge is 1.96. The van der Waals surface area contributed by atoms with E-state index in [1.807, 2.05) is 6.07 Å². The van der Waals surface area contributed by atoms with Crippen LogP contribution in [0.4, 0.5) is 0 Å². The second-order valence-corrected chi connectivity index (χ2v) is 2.49. The van der Waals surface area contributed by atoms with Gasteiger partial charge in [-0.3, -0.25) is 0 Å². The van der Waals surface area contributed by atoms with Crippen LogP contribution in [0.5, 0.6) is 0 Å². The third-order valence-corrected chi connectivity index (χ3v) is 1.68. The van der Waals surface area contributed by atoms with E-state index in [9.17, 15) is 0 Å². The minimum atomic E-state index is 0.410. The number of hydrogen-bond acceptors (Lipinski definition) is 5. The van der Waals surface area contributed by atoms with Gasteiger partial charge in [0.05, 0.1) is 0 Å². The van der Waals surface area contributed by atoms with Crippen molar-refractivity contribution in [3.05, 3.63) is 16.1 Å². The Balaban J connectivity index is 2.75. The van der Waals surface area contributed by atoms with Crippen LogP contribution in [0, 0.1) is 11.3 Å². The average Bonchev–Trinajstić information content (AvgIpc) is 2.48. The van der Waals surface area contributed by atoms with Gasteiger partial charge in [0.25, 0.3) is 0 Å². The summed E-state index contributed by atoms with van der Waals surface area (Å²) in [6, 6.07) is 1.92. The molecule has 0 fully saturated rings. The van der Waals surface area contributed by atoms with E-state index in [0.29, 0.717) is 10.7 Å². The Bertz CT molecular complexity index is 299. The highest BCUT2D eigenvalue weighted by Crippen LogP contribution is 2.05. The van der Waals surface area contributed by atoms with E-state index in [1.165, 1.54) is 24.7 Å². The van der Waals surface area contributed by atoms with E-state index in [-0.39, 0.29) is 0 Å². The fraction of sp³-hybridized carbons (Fsp3) is 0.167. The molecule has 1 aromatic heterocycles. The van der Waals surface area contributed by atoms with Crippen molar-refractivity contribution in [2.75, 3.05) is 7.11 Å². The third-order valence-electron chi connectivity index (χ3n) is 0.905. The monoisotopic (exact) mass is 167 g/mol. The lowest BCUT2D eigenvalue weighted by Crippen LogP contribution is -1.80. The van der Waals surface area contributed by atoms with Crippen molar-refractivity contribution in [3.8, 4) is 6.07 Å². The summed E-state index contributed by atoms with van der Waals surface area (Å²) < 4.78 is 0. The second-order valence-electron chi connectivity index (χ2n) is 1.60. The maximum atomic E-state index is 8.39. The lowest BCUT2D eigenvalue weighted by molar-refractivity contribution is 0.215. The lowest BCUT2D eigenvalue weighted by Gasteiger charge is -1.81. The molecule has 0 unspecified atom stereocenters. The van der Waals surface area contributed by atoms with E-state index in [2.05, 4.69) is 15.0 Å². The zero-order valence-corrected chi connectivity index (χ0v) is 6.63. The van der Waals surface area contributed by atoms with Crippen LogP contribution in [0.1, 0.15) is 10.7 Å². The van der Waals surface area contributed by atoms with Crippen LogP contribution in [0.15, 0.2) is 10.5 Å². The number of thiazole rings is 1. The Morgan fingerprint density at radius 1 is 1.91 bits per heavy atom. The van der Waals surface area contributed by atoms with Gasteiger partial charge >= 0.3 is 0 Å². The van der Waals surface area contributed by atoms with E-state index in [0.717, 1.165) is 0 Å². The summed E-state index contributed by atoms with van der Waals surface area (Å²) in [4.78, 5) is 8.34. The molecule has 0 bridgehead atoms. The Hall–Kier alpha value is -1.41. The van der Waals surface area contributed by atoms with Crippen molar-refractivity contribution in [3.63, 3.8) is 0 Å². The van der Waals surface area contributed by atoms with Gasteiger partial charge in [-0.15, -0.1) is 11.3 Å². The molecule has 0 atom stereocenters.